The van der Waals surface area contributed by atoms with Crippen LogP contribution in [-0.2, 0) is 11.3 Å². The van der Waals surface area contributed by atoms with Crippen molar-refractivity contribution in [3.8, 4) is 0 Å². The molecule has 0 bridgehead atoms. The molecule has 5 nitrogen and oxygen atoms in total. The monoisotopic (exact) mass is 265 g/mol. The molecule has 0 radical (unpaired) electrons. The van der Waals surface area contributed by atoms with Crippen LogP contribution in [0.5, 0.6) is 0 Å². The van der Waals surface area contributed by atoms with Crippen LogP contribution in [0.15, 0.2) is 31.0 Å². The van der Waals surface area contributed by atoms with Gasteiger partial charge < -0.3 is 15.4 Å². The van der Waals surface area contributed by atoms with E-state index < -0.39 is 0 Å². The largest absolute Gasteiger partial charge is 0.465 e. The highest BCUT2D eigenvalue weighted by molar-refractivity contribution is 7.80. The lowest BCUT2D eigenvalue weighted by Crippen LogP contribution is -2.34. The number of hydrogen-bond acceptors (Lipinski definition) is 4. The van der Waals surface area contributed by atoms with Gasteiger partial charge in [-0.1, -0.05) is 6.08 Å². The normalized spacial score (nSPS) is 9.39. The van der Waals surface area contributed by atoms with Gasteiger partial charge in [-0.3, -0.25) is 4.98 Å². The molecular formula is C12H15N3O2S. The minimum Gasteiger partial charge on any atom is -0.465 e. The first kappa shape index (κ1) is 14.1. The van der Waals surface area contributed by atoms with E-state index in [-0.39, 0.29) is 5.97 Å². The van der Waals surface area contributed by atoms with Crippen molar-refractivity contribution in [2.75, 3.05) is 13.7 Å². The molecule has 0 amide bonds. The summed E-state index contributed by atoms with van der Waals surface area (Å²) in [5.41, 5.74) is 1.18. The number of thiocarbonyl (C=S) groups is 1. The van der Waals surface area contributed by atoms with Gasteiger partial charge in [-0.2, -0.15) is 0 Å². The van der Waals surface area contributed by atoms with Crippen LogP contribution in [-0.4, -0.2) is 29.7 Å². The summed E-state index contributed by atoms with van der Waals surface area (Å²) in [5, 5.41) is 6.42. The zero-order chi connectivity index (χ0) is 13.4. The highest BCUT2D eigenvalue weighted by Crippen LogP contribution is 2.03. The molecule has 0 aliphatic carbocycles. The number of hydrogen-bond donors (Lipinski definition) is 2. The van der Waals surface area contributed by atoms with E-state index in [1.807, 2.05) is 0 Å². The SMILES string of the molecule is C=CCNC(=S)NCc1cc(C(=O)OC)ccn1. The van der Waals surface area contributed by atoms with Crippen LogP contribution < -0.4 is 10.6 Å². The summed E-state index contributed by atoms with van der Waals surface area (Å²) in [4.78, 5) is 15.5. The zero-order valence-corrected chi connectivity index (χ0v) is 10.9. The number of ether oxygens (including phenoxy) is 1. The maximum atomic E-state index is 11.3. The van der Waals surface area contributed by atoms with Crippen LogP contribution in [0.1, 0.15) is 16.1 Å². The predicted octanol–water partition coefficient (Wildman–Crippen LogP) is 1.02. The summed E-state index contributed by atoms with van der Waals surface area (Å²) >= 11 is 5.04. The van der Waals surface area contributed by atoms with Crippen LogP contribution in [0.4, 0.5) is 0 Å². The first-order valence-corrected chi connectivity index (χ1v) is 5.74. The molecule has 0 spiro atoms. The molecule has 0 saturated carbocycles. The van der Waals surface area contributed by atoms with Gasteiger partial charge >= 0.3 is 5.97 Å². The summed E-state index contributed by atoms with van der Waals surface area (Å²) in [7, 11) is 1.34. The van der Waals surface area contributed by atoms with E-state index in [0.717, 1.165) is 0 Å². The molecule has 0 aromatic carbocycles. The molecule has 1 heterocycles. The van der Waals surface area contributed by atoms with Crippen molar-refractivity contribution in [2.45, 2.75) is 6.54 Å². The second-order valence-corrected chi connectivity index (χ2v) is 3.79. The number of nitrogens with zero attached hydrogens (tertiary/aromatic N) is 1. The minimum absolute atomic E-state index is 0.383. The average molecular weight is 265 g/mol. The van der Waals surface area contributed by atoms with E-state index in [2.05, 4.69) is 26.9 Å². The van der Waals surface area contributed by atoms with Gasteiger partial charge in [-0.15, -0.1) is 6.58 Å². The maximum Gasteiger partial charge on any atom is 0.337 e. The third-order valence-corrected chi connectivity index (χ3v) is 2.36. The van der Waals surface area contributed by atoms with Crippen molar-refractivity contribution >= 4 is 23.3 Å². The van der Waals surface area contributed by atoms with Gasteiger partial charge in [0, 0.05) is 12.7 Å². The number of nitrogens with one attached hydrogen (secondary N) is 2. The summed E-state index contributed by atoms with van der Waals surface area (Å²) in [6.07, 6.45) is 3.27. The number of esters is 1. The summed E-state index contributed by atoms with van der Waals surface area (Å²) in [6, 6.07) is 3.26. The van der Waals surface area contributed by atoms with Crippen LogP contribution >= 0.6 is 12.2 Å². The zero-order valence-electron chi connectivity index (χ0n) is 10.1. The lowest BCUT2D eigenvalue weighted by molar-refractivity contribution is 0.0600. The molecule has 0 unspecified atom stereocenters. The van der Waals surface area contributed by atoms with Crippen LogP contribution in [0.3, 0.4) is 0 Å². The third-order valence-electron chi connectivity index (χ3n) is 2.07. The second-order valence-electron chi connectivity index (χ2n) is 3.38. The van der Waals surface area contributed by atoms with Gasteiger partial charge in [-0.05, 0) is 24.4 Å². The van der Waals surface area contributed by atoms with E-state index in [1.54, 1.807) is 24.4 Å². The molecule has 0 aliphatic heterocycles. The lowest BCUT2D eigenvalue weighted by Gasteiger charge is -2.08. The molecule has 0 saturated heterocycles. The van der Waals surface area contributed by atoms with Crippen molar-refractivity contribution in [1.82, 2.24) is 15.6 Å². The summed E-state index contributed by atoms with van der Waals surface area (Å²) in [5.74, 6) is -0.383. The molecule has 1 aromatic heterocycles. The Morgan fingerprint density at radius 2 is 2.39 bits per heavy atom. The molecular weight excluding hydrogens is 250 g/mol. The van der Waals surface area contributed by atoms with E-state index in [9.17, 15) is 4.79 Å². The molecule has 18 heavy (non-hydrogen) atoms. The van der Waals surface area contributed by atoms with Crippen molar-refractivity contribution in [3.63, 3.8) is 0 Å². The Hall–Kier alpha value is -1.95. The Balaban J connectivity index is 2.54. The summed E-state index contributed by atoms with van der Waals surface area (Å²) in [6.45, 7) is 4.61. The molecule has 0 fully saturated rings. The number of methoxy groups -OCH3 is 1. The first-order chi connectivity index (χ1) is 8.67. The molecule has 96 valence electrons. The summed E-state index contributed by atoms with van der Waals surface area (Å²) < 4.78 is 4.63. The quantitative estimate of drug-likeness (QED) is 0.471. The predicted molar refractivity (Wildman–Crippen MR) is 73.2 cm³/mol. The Morgan fingerprint density at radius 1 is 1.61 bits per heavy atom. The molecule has 2 N–H and O–H groups in total. The molecule has 1 aromatic rings. The van der Waals surface area contributed by atoms with E-state index in [0.29, 0.717) is 29.5 Å². The van der Waals surface area contributed by atoms with Gasteiger partial charge in [0.15, 0.2) is 5.11 Å². The van der Waals surface area contributed by atoms with Gasteiger partial charge in [0.2, 0.25) is 0 Å². The Bertz CT molecular complexity index is 449. The smallest absolute Gasteiger partial charge is 0.337 e. The number of rotatable bonds is 5. The fourth-order valence-corrected chi connectivity index (χ4v) is 1.37. The second kappa shape index (κ2) is 7.39. The maximum absolute atomic E-state index is 11.3. The van der Waals surface area contributed by atoms with Crippen LogP contribution in [0, 0.1) is 0 Å². The average Bonchev–Trinajstić information content (AvgIpc) is 2.42. The van der Waals surface area contributed by atoms with Crippen molar-refractivity contribution in [2.24, 2.45) is 0 Å². The first-order valence-electron chi connectivity index (χ1n) is 5.33. The van der Waals surface area contributed by atoms with Crippen LogP contribution in [0.2, 0.25) is 0 Å². The molecule has 6 heteroatoms. The number of pyridine rings is 1. The van der Waals surface area contributed by atoms with Crippen molar-refractivity contribution in [1.29, 1.82) is 0 Å². The van der Waals surface area contributed by atoms with E-state index in [4.69, 9.17) is 12.2 Å². The van der Waals surface area contributed by atoms with Crippen molar-refractivity contribution in [3.05, 3.63) is 42.2 Å². The Morgan fingerprint density at radius 3 is 3.06 bits per heavy atom. The highest BCUT2D eigenvalue weighted by atomic mass is 32.1. The highest BCUT2D eigenvalue weighted by Gasteiger charge is 2.06. The molecule has 1 rings (SSSR count). The van der Waals surface area contributed by atoms with Gasteiger partial charge in [0.1, 0.15) is 0 Å². The van der Waals surface area contributed by atoms with Crippen LogP contribution in [0.25, 0.3) is 0 Å². The molecule has 0 aliphatic rings. The van der Waals surface area contributed by atoms with E-state index >= 15 is 0 Å². The minimum atomic E-state index is -0.383. The van der Waals surface area contributed by atoms with Crippen molar-refractivity contribution < 1.29 is 9.53 Å². The fraction of sp³-hybridized carbons (Fsp3) is 0.250. The van der Waals surface area contributed by atoms with E-state index in [1.165, 1.54) is 7.11 Å². The number of carbonyl (C=O) groups is 1. The fourth-order valence-electron chi connectivity index (χ4n) is 1.22. The number of aromatic nitrogens is 1. The van der Waals surface area contributed by atoms with Gasteiger partial charge in [-0.25, -0.2) is 4.79 Å². The van der Waals surface area contributed by atoms with Gasteiger partial charge in [0.05, 0.1) is 24.9 Å². The third kappa shape index (κ3) is 4.50. The lowest BCUT2D eigenvalue weighted by atomic mass is 10.2. The molecule has 0 atom stereocenters. The standard InChI is InChI=1S/C12H15N3O2S/c1-3-5-14-12(18)15-8-10-7-9(4-6-13-10)11(16)17-2/h3-4,6-7H,1,5,8H2,2H3,(H2,14,15,18). The van der Waals surface area contributed by atoms with Gasteiger partial charge in [0.25, 0.3) is 0 Å². The number of carbonyl (C=O) groups excluding carboxylic acids is 1. The Kier molecular flexibility index (Phi) is 5.79. The Labute approximate surface area is 111 Å². The topological polar surface area (TPSA) is 63.2 Å².